The summed E-state index contributed by atoms with van der Waals surface area (Å²) in [6, 6.07) is 14.4. The van der Waals surface area contributed by atoms with E-state index in [2.05, 4.69) is 20.6 Å². The van der Waals surface area contributed by atoms with Gasteiger partial charge in [-0.1, -0.05) is 18.2 Å². The zero-order chi connectivity index (χ0) is 19.5. The predicted molar refractivity (Wildman–Crippen MR) is 104 cm³/mol. The van der Waals surface area contributed by atoms with Crippen LogP contribution < -0.4 is 15.4 Å². The largest absolute Gasteiger partial charge is 0.437 e. The number of amides is 2. The molecule has 0 aliphatic heterocycles. The molecule has 140 valence electrons. The number of anilines is 2. The average molecular weight is 377 g/mol. The third-order valence-corrected chi connectivity index (χ3v) is 4.06. The number of benzene rings is 2. The van der Waals surface area contributed by atoms with Gasteiger partial charge in [-0.15, -0.1) is 0 Å². The van der Waals surface area contributed by atoms with E-state index in [0.717, 1.165) is 5.52 Å². The van der Waals surface area contributed by atoms with Crippen LogP contribution in [0.3, 0.4) is 0 Å². The van der Waals surface area contributed by atoms with Crippen LogP contribution in [0.4, 0.5) is 20.6 Å². The first kappa shape index (κ1) is 17.5. The number of carbonyl (C=O) groups is 1. The first-order chi connectivity index (χ1) is 13.6. The summed E-state index contributed by atoms with van der Waals surface area (Å²) in [6.45, 7) is 0. The number of fused-ring (bicyclic) bond motifs is 1. The van der Waals surface area contributed by atoms with Crippen LogP contribution in [-0.2, 0) is 7.05 Å². The predicted octanol–water partition coefficient (Wildman–Crippen LogP) is 4.54. The van der Waals surface area contributed by atoms with E-state index in [0.29, 0.717) is 17.1 Å². The fourth-order valence-corrected chi connectivity index (χ4v) is 2.74. The standard InChI is InChI=1S/C20H16FN5O2/c1-26-10-9-17-18(26)19(23-12-22-17)28-14-7-8-16(15(21)11-14)25-20(27)24-13-5-3-2-4-6-13/h2-12H,1H3,(H2,24,25,27). The lowest BCUT2D eigenvalue weighted by Gasteiger charge is -2.11. The molecule has 0 unspecified atom stereocenters. The summed E-state index contributed by atoms with van der Waals surface area (Å²) in [4.78, 5) is 20.3. The van der Waals surface area contributed by atoms with Gasteiger partial charge in [-0.25, -0.2) is 14.2 Å². The van der Waals surface area contributed by atoms with E-state index in [1.165, 1.54) is 18.5 Å². The molecular formula is C20H16FN5O2. The van der Waals surface area contributed by atoms with Gasteiger partial charge in [-0.05, 0) is 30.3 Å². The molecule has 0 radical (unpaired) electrons. The quantitative estimate of drug-likeness (QED) is 0.547. The lowest BCUT2D eigenvalue weighted by molar-refractivity contribution is 0.262. The Morgan fingerprint density at radius 2 is 1.89 bits per heavy atom. The van der Waals surface area contributed by atoms with Crippen LogP contribution in [0.5, 0.6) is 11.6 Å². The minimum absolute atomic E-state index is 0.0347. The highest BCUT2D eigenvalue weighted by Crippen LogP contribution is 2.29. The molecule has 0 bridgehead atoms. The molecule has 28 heavy (non-hydrogen) atoms. The number of halogens is 1. The zero-order valence-corrected chi connectivity index (χ0v) is 14.9. The summed E-state index contributed by atoms with van der Waals surface area (Å²) in [5.74, 6) is -0.0509. The number of hydrogen-bond acceptors (Lipinski definition) is 4. The number of nitrogens with zero attached hydrogens (tertiary/aromatic N) is 3. The molecule has 0 aliphatic rings. The molecule has 0 aliphatic carbocycles. The molecular weight excluding hydrogens is 361 g/mol. The highest BCUT2D eigenvalue weighted by Gasteiger charge is 2.12. The molecule has 2 amide bonds. The van der Waals surface area contributed by atoms with Crippen LogP contribution in [0.2, 0.25) is 0 Å². The molecule has 8 heteroatoms. The Morgan fingerprint density at radius 3 is 2.68 bits per heavy atom. The number of ether oxygens (including phenoxy) is 1. The Labute approximate surface area is 159 Å². The molecule has 2 heterocycles. The molecule has 4 rings (SSSR count). The van der Waals surface area contributed by atoms with E-state index in [1.807, 2.05) is 29.9 Å². The Balaban J connectivity index is 1.50. The number of aromatic nitrogens is 3. The maximum absolute atomic E-state index is 14.4. The second-order valence-electron chi connectivity index (χ2n) is 6.03. The number of carbonyl (C=O) groups excluding carboxylic acids is 1. The highest BCUT2D eigenvalue weighted by molar-refractivity contribution is 5.99. The number of aryl methyl sites for hydroxylation is 1. The van der Waals surface area contributed by atoms with E-state index in [-0.39, 0.29) is 11.4 Å². The van der Waals surface area contributed by atoms with Crippen molar-refractivity contribution in [2.45, 2.75) is 0 Å². The summed E-state index contributed by atoms with van der Waals surface area (Å²) in [5.41, 5.74) is 2.07. The van der Waals surface area contributed by atoms with E-state index < -0.39 is 11.8 Å². The normalized spacial score (nSPS) is 10.6. The summed E-state index contributed by atoms with van der Waals surface area (Å²) >= 11 is 0. The smallest absolute Gasteiger partial charge is 0.323 e. The molecule has 2 N–H and O–H groups in total. The molecule has 0 atom stereocenters. The first-order valence-electron chi connectivity index (χ1n) is 8.46. The van der Waals surface area contributed by atoms with Gasteiger partial charge in [-0.2, -0.15) is 4.98 Å². The van der Waals surface area contributed by atoms with Gasteiger partial charge in [0.15, 0.2) is 0 Å². The fourth-order valence-electron chi connectivity index (χ4n) is 2.74. The molecule has 0 saturated heterocycles. The van der Waals surface area contributed by atoms with Crippen molar-refractivity contribution < 1.29 is 13.9 Å². The summed E-state index contributed by atoms with van der Waals surface area (Å²) < 4.78 is 22.0. The number of para-hydroxylation sites is 1. The monoisotopic (exact) mass is 377 g/mol. The molecule has 0 fully saturated rings. The maximum atomic E-state index is 14.4. The second kappa shape index (κ2) is 7.36. The van der Waals surface area contributed by atoms with Gasteiger partial charge in [0.1, 0.15) is 23.4 Å². The van der Waals surface area contributed by atoms with Crippen molar-refractivity contribution in [1.82, 2.24) is 14.5 Å². The lowest BCUT2D eigenvalue weighted by Crippen LogP contribution is -2.20. The number of hydrogen-bond donors (Lipinski definition) is 2. The molecule has 0 saturated carbocycles. The van der Waals surface area contributed by atoms with Crippen LogP contribution >= 0.6 is 0 Å². The maximum Gasteiger partial charge on any atom is 0.323 e. The van der Waals surface area contributed by atoms with Crippen LogP contribution in [0.25, 0.3) is 11.0 Å². The molecule has 7 nitrogen and oxygen atoms in total. The van der Waals surface area contributed by atoms with Crippen molar-refractivity contribution in [3.8, 4) is 11.6 Å². The van der Waals surface area contributed by atoms with Crippen LogP contribution in [0.15, 0.2) is 67.1 Å². The van der Waals surface area contributed by atoms with Gasteiger partial charge < -0.3 is 19.9 Å². The van der Waals surface area contributed by atoms with Gasteiger partial charge in [0, 0.05) is 25.0 Å². The highest BCUT2D eigenvalue weighted by atomic mass is 19.1. The van der Waals surface area contributed by atoms with Crippen LogP contribution in [0.1, 0.15) is 0 Å². The molecule has 0 spiro atoms. The van der Waals surface area contributed by atoms with Gasteiger partial charge in [-0.3, -0.25) is 0 Å². The minimum atomic E-state index is -0.627. The molecule has 2 aromatic heterocycles. The van der Waals surface area contributed by atoms with Gasteiger partial charge in [0.25, 0.3) is 0 Å². The lowest BCUT2D eigenvalue weighted by atomic mass is 10.3. The molecule has 4 aromatic rings. The number of nitrogens with one attached hydrogen (secondary N) is 2. The topological polar surface area (TPSA) is 81.1 Å². The van der Waals surface area contributed by atoms with Gasteiger partial charge in [0.05, 0.1) is 11.2 Å². The average Bonchev–Trinajstić information content (AvgIpc) is 3.07. The summed E-state index contributed by atoms with van der Waals surface area (Å²) in [5, 5.41) is 5.10. The van der Waals surface area contributed by atoms with Gasteiger partial charge >= 0.3 is 6.03 Å². The Kier molecular flexibility index (Phi) is 4.59. The van der Waals surface area contributed by atoms with Crippen molar-refractivity contribution in [2.75, 3.05) is 10.6 Å². The van der Waals surface area contributed by atoms with Crippen molar-refractivity contribution in [3.05, 3.63) is 72.9 Å². The van der Waals surface area contributed by atoms with E-state index in [9.17, 15) is 9.18 Å². The van der Waals surface area contributed by atoms with Crippen molar-refractivity contribution in [2.24, 2.45) is 7.05 Å². The third-order valence-electron chi connectivity index (χ3n) is 4.06. The summed E-state index contributed by atoms with van der Waals surface area (Å²) in [7, 11) is 1.84. The minimum Gasteiger partial charge on any atom is -0.437 e. The Bertz CT molecular complexity index is 1140. The first-order valence-corrected chi connectivity index (χ1v) is 8.46. The fraction of sp³-hybridized carbons (Fsp3) is 0.0500. The SMILES string of the molecule is Cn1ccc2ncnc(Oc3ccc(NC(=O)Nc4ccccc4)c(F)c3)c21. The van der Waals surface area contributed by atoms with Crippen molar-refractivity contribution >= 4 is 28.4 Å². The number of urea groups is 1. The van der Waals surface area contributed by atoms with E-state index in [4.69, 9.17) is 4.74 Å². The molecule has 2 aromatic carbocycles. The third kappa shape index (κ3) is 3.61. The van der Waals surface area contributed by atoms with Gasteiger partial charge in [0.2, 0.25) is 5.88 Å². The Morgan fingerprint density at radius 1 is 1.07 bits per heavy atom. The van der Waals surface area contributed by atoms with E-state index >= 15 is 0 Å². The van der Waals surface area contributed by atoms with Crippen molar-refractivity contribution in [1.29, 1.82) is 0 Å². The van der Waals surface area contributed by atoms with E-state index in [1.54, 1.807) is 30.3 Å². The summed E-state index contributed by atoms with van der Waals surface area (Å²) in [6.07, 6.45) is 3.23. The van der Waals surface area contributed by atoms with Crippen molar-refractivity contribution in [3.63, 3.8) is 0 Å². The zero-order valence-electron chi connectivity index (χ0n) is 14.9. The van der Waals surface area contributed by atoms with Crippen LogP contribution in [-0.4, -0.2) is 20.6 Å². The number of rotatable bonds is 4. The Hall–Kier alpha value is -3.94. The van der Waals surface area contributed by atoms with Crippen LogP contribution in [0, 0.1) is 5.82 Å². The second-order valence-corrected chi connectivity index (χ2v) is 6.03.